The molecule has 0 aliphatic heterocycles. The second-order valence-corrected chi connectivity index (χ2v) is 8.32. The number of carbonyl (C=O) groups is 2. The molecule has 0 bridgehead atoms. The quantitative estimate of drug-likeness (QED) is 0.771. The maximum absolute atomic E-state index is 12.3. The van der Waals surface area contributed by atoms with Gasteiger partial charge < -0.3 is 5.32 Å². The second kappa shape index (κ2) is 8.19. The number of hydrogen-bond acceptors (Lipinski definition) is 3. The largest absolute Gasteiger partial charge is 0.352 e. The number of ketones is 1. The summed E-state index contributed by atoms with van der Waals surface area (Å²) in [7, 11) is 0. The summed E-state index contributed by atoms with van der Waals surface area (Å²) in [6.07, 6.45) is 4.67. The van der Waals surface area contributed by atoms with Crippen LogP contribution in [0, 0.1) is 20.8 Å². The molecule has 24 heavy (non-hydrogen) atoms. The minimum absolute atomic E-state index is 0.0773. The van der Waals surface area contributed by atoms with Gasteiger partial charge in [-0.1, -0.05) is 18.9 Å². The number of benzene rings is 1. The molecule has 1 N–H and O–H groups in total. The van der Waals surface area contributed by atoms with Crippen LogP contribution in [0.2, 0.25) is 0 Å². The van der Waals surface area contributed by atoms with Crippen molar-refractivity contribution >= 4 is 23.5 Å². The predicted octanol–water partition coefficient (Wildman–Crippen LogP) is 4.49. The highest BCUT2D eigenvalue weighted by atomic mass is 32.2. The van der Waals surface area contributed by atoms with E-state index in [1.165, 1.54) is 24.0 Å². The van der Waals surface area contributed by atoms with E-state index in [-0.39, 0.29) is 16.9 Å². The van der Waals surface area contributed by atoms with Crippen molar-refractivity contribution in [3.63, 3.8) is 0 Å². The highest BCUT2D eigenvalue weighted by molar-refractivity contribution is 7.99. The Kier molecular flexibility index (Phi) is 6.50. The van der Waals surface area contributed by atoms with Crippen LogP contribution < -0.4 is 5.32 Å². The first-order valence-corrected chi connectivity index (χ1v) is 9.88. The number of hydrogen-bond donors (Lipinski definition) is 1. The SMILES string of the molecule is CC(=O)c1c(C)cc(C)c(CSC(C)C(=O)NC2CCCC2)c1C. The monoisotopic (exact) mass is 347 g/mol. The summed E-state index contributed by atoms with van der Waals surface area (Å²) in [4.78, 5) is 24.3. The van der Waals surface area contributed by atoms with Crippen molar-refractivity contribution in [2.75, 3.05) is 0 Å². The van der Waals surface area contributed by atoms with Crippen LogP contribution in [0.25, 0.3) is 0 Å². The van der Waals surface area contributed by atoms with Crippen LogP contribution in [0.4, 0.5) is 0 Å². The van der Waals surface area contributed by atoms with Crippen LogP contribution in [0.15, 0.2) is 6.07 Å². The van der Waals surface area contributed by atoms with E-state index in [2.05, 4.69) is 18.3 Å². The average Bonchev–Trinajstić information content (AvgIpc) is 2.98. The van der Waals surface area contributed by atoms with Gasteiger partial charge >= 0.3 is 0 Å². The van der Waals surface area contributed by atoms with Gasteiger partial charge in [0.05, 0.1) is 5.25 Å². The zero-order valence-corrected chi connectivity index (χ0v) is 16.3. The molecule has 1 aliphatic carbocycles. The van der Waals surface area contributed by atoms with Crippen molar-refractivity contribution in [3.8, 4) is 0 Å². The lowest BCUT2D eigenvalue weighted by atomic mass is 9.92. The van der Waals surface area contributed by atoms with E-state index in [4.69, 9.17) is 0 Å². The third kappa shape index (κ3) is 4.41. The maximum Gasteiger partial charge on any atom is 0.233 e. The zero-order chi connectivity index (χ0) is 17.9. The standard InChI is InChI=1S/C20H29NO2S/c1-12-10-13(2)19(15(4)22)14(3)18(12)11-24-16(5)20(23)21-17-8-6-7-9-17/h10,16-17H,6-9,11H2,1-5H3,(H,21,23). The van der Waals surface area contributed by atoms with Gasteiger partial charge in [-0.25, -0.2) is 0 Å². The Morgan fingerprint density at radius 2 is 1.83 bits per heavy atom. The summed E-state index contributed by atoms with van der Waals surface area (Å²) in [5.74, 6) is 1.02. The summed E-state index contributed by atoms with van der Waals surface area (Å²) in [6, 6.07) is 2.45. The van der Waals surface area contributed by atoms with Gasteiger partial charge in [0, 0.05) is 17.4 Å². The van der Waals surface area contributed by atoms with Gasteiger partial charge in [0.2, 0.25) is 5.91 Å². The van der Waals surface area contributed by atoms with Crippen LogP contribution >= 0.6 is 11.8 Å². The number of rotatable bonds is 6. The molecular weight excluding hydrogens is 318 g/mol. The first-order chi connectivity index (χ1) is 11.3. The Morgan fingerprint density at radius 3 is 2.42 bits per heavy atom. The van der Waals surface area contributed by atoms with Crippen molar-refractivity contribution < 1.29 is 9.59 Å². The van der Waals surface area contributed by atoms with Crippen molar-refractivity contribution in [1.82, 2.24) is 5.32 Å². The van der Waals surface area contributed by atoms with E-state index in [9.17, 15) is 9.59 Å². The summed E-state index contributed by atoms with van der Waals surface area (Å²) < 4.78 is 0. The van der Waals surface area contributed by atoms with Gasteiger partial charge in [-0.15, -0.1) is 11.8 Å². The first kappa shape index (κ1) is 19.0. The van der Waals surface area contributed by atoms with Gasteiger partial charge in [0.25, 0.3) is 0 Å². The Hall–Kier alpha value is -1.29. The molecule has 1 fully saturated rings. The van der Waals surface area contributed by atoms with Gasteiger partial charge in [0.1, 0.15) is 0 Å². The molecule has 1 unspecified atom stereocenters. The molecule has 0 aromatic heterocycles. The molecule has 2 rings (SSSR count). The second-order valence-electron chi connectivity index (χ2n) is 6.99. The topological polar surface area (TPSA) is 46.2 Å². The highest BCUT2D eigenvalue weighted by Gasteiger charge is 2.22. The lowest BCUT2D eigenvalue weighted by Gasteiger charge is -2.19. The highest BCUT2D eigenvalue weighted by Crippen LogP contribution is 2.28. The molecule has 0 radical (unpaired) electrons. The van der Waals surface area contributed by atoms with Crippen molar-refractivity contribution in [2.45, 2.75) is 77.3 Å². The fourth-order valence-electron chi connectivity index (χ4n) is 3.66. The molecule has 1 aromatic rings. The molecular formula is C20H29NO2S. The molecule has 1 saturated carbocycles. The minimum Gasteiger partial charge on any atom is -0.352 e. The molecule has 4 heteroatoms. The number of thioether (sulfide) groups is 1. The molecule has 1 atom stereocenters. The number of aryl methyl sites for hydroxylation is 2. The van der Waals surface area contributed by atoms with E-state index in [1.54, 1.807) is 18.7 Å². The summed E-state index contributed by atoms with van der Waals surface area (Å²) >= 11 is 1.65. The van der Waals surface area contributed by atoms with E-state index in [1.807, 2.05) is 20.8 Å². The van der Waals surface area contributed by atoms with Crippen LogP contribution in [0.3, 0.4) is 0 Å². The molecule has 1 aromatic carbocycles. The molecule has 0 heterocycles. The lowest BCUT2D eigenvalue weighted by Crippen LogP contribution is -2.37. The van der Waals surface area contributed by atoms with E-state index >= 15 is 0 Å². The molecule has 3 nitrogen and oxygen atoms in total. The number of Topliss-reactive ketones (excluding diaryl/α,β-unsaturated/α-hetero) is 1. The van der Waals surface area contributed by atoms with Crippen molar-refractivity contribution in [2.24, 2.45) is 0 Å². The number of carbonyl (C=O) groups excluding carboxylic acids is 2. The Bertz CT molecular complexity index is 633. The Morgan fingerprint density at radius 1 is 1.21 bits per heavy atom. The predicted molar refractivity (Wildman–Crippen MR) is 102 cm³/mol. The van der Waals surface area contributed by atoms with Gasteiger partial charge in [-0.3, -0.25) is 9.59 Å². The van der Waals surface area contributed by atoms with Gasteiger partial charge in [-0.2, -0.15) is 0 Å². The third-order valence-corrected chi connectivity index (χ3v) is 6.20. The Balaban J connectivity index is 2.04. The third-order valence-electron chi connectivity index (χ3n) is 5.03. The summed E-state index contributed by atoms with van der Waals surface area (Å²) in [5, 5.41) is 3.09. The molecule has 1 aliphatic rings. The summed E-state index contributed by atoms with van der Waals surface area (Å²) in [5.41, 5.74) is 5.33. The van der Waals surface area contributed by atoms with E-state index in [0.717, 1.165) is 35.3 Å². The lowest BCUT2D eigenvalue weighted by molar-refractivity contribution is -0.120. The average molecular weight is 348 g/mol. The summed E-state index contributed by atoms with van der Waals surface area (Å²) in [6.45, 7) is 9.70. The number of nitrogens with one attached hydrogen (secondary N) is 1. The molecule has 0 saturated heterocycles. The maximum atomic E-state index is 12.3. The molecule has 1 amide bonds. The molecule has 132 valence electrons. The fourth-order valence-corrected chi connectivity index (χ4v) is 4.74. The van der Waals surface area contributed by atoms with Gasteiger partial charge in [-0.05, 0) is 69.7 Å². The van der Waals surface area contributed by atoms with Crippen LogP contribution in [-0.2, 0) is 10.5 Å². The Labute approximate surface area is 150 Å². The van der Waals surface area contributed by atoms with Crippen LogP contribution in [0.5, 0.6) is 0 Å². The normalized spacial score (nSPS) is 16.2. The van der Waals surface area contributed by atoms with Gasteiger partial charge in [0.15, 0.2) is 5.78 Å². The first-order valence-electron chi connectivity index (χ1n) is 8.83. The smallest absolute Gasteiger partial charge is 0.233 e. The minimum atomic E-state index is -0.0773. The fraction of sp³-hybridized carbons (Fsp3) is 0.600. The zero-order valence-electron chi connectivity index (χ0n) is 15.5. The van der Waals surface area contributed by atoms with E-state index < -0.39 is 0 Å². The van der Waals surface area contributed by atoms with E-state index in [0.29, 0.717) is 6.04 Å². The van der Waals surface area contributed by atoms with Crippen LogP contribution in [0.1, 0.15) is 72.1 Å². The van der Waals surface area contributed by atoms with Crippen LogP contribution in [-0.4, -0.2) is 23.0 Å². The molecule has 0 spiro atoms. The van der Waals surface area contributed by atoms with Crippen molar-refractivity contribution in [1.29, 1.82) is 0 Å². The number of amides is 1. The van der Waals surface area contributed by atoms with Crippen molar-refractivity contribution in [3.05, 3.63) is 33.9 Å².